The Labute approximate surface area is 108 Å². The molecule has 0 bridgehead atoms. The van der Waals surface area contributed by atoms with Crippen LogP contribution < -0.4 is 5.73 Å². The minimum absolute atomic E-state index is 0.206. The first-order valence-corrected chi connectivity index (χ1v) is 6.44. The van der Waals surface area contributed by atoms with Gasteiger partial charge in [0.15, 0.2) is 0 Å². The highest BCUT2D eigenvalue weighted by atomic mass is 16.2. The molecule has 18 heavy (non-hydrogen) atoms. The summed E-state index contributed by atoms with van der Waals surface area (Å²) in [7, 11) is 1.87. The second-order valence-corrected chi connectivity index (χ2v) is 4.85. The van der Waals surface area contributed by atoms with Gasteiger partial charge in [0, 0.05) is 33.2 Å². The number of rotatable bonds is 3. The second kappa shape index (κ2) is 5.98. The minimum atomic E-state index is 0.206. The first kappa shape index (κ1) is 13.1. The summed E-state index contributed by atoms with van der Waals surface area (Å²) in [6.07, 6.45) is 1.03. The Morgan fingerprint density at radius 3 is 2.67 bits per heavy atom. The van der Waals surface area contributed by atoms with Gasteiger partial charge in [0.1, 0.15) is 0 Å². The third kappa shape index (κ3) is 3.09. The molecule has 0 atom stereocenters. The van der Waals surface area contributed by atoms with E-state index in [1.165, 1.54) is 11.1 Å². The maximum absolute atomic E-state index is 11.8. The molecule has 0 saturated carbocycles. The minimum Gasteiger partial charge on any atom is -0.345 e. The normalized spacial score (nSPS) is 17.9. The van der Waals surface area contributed by atoms with E-state index in [9.17, 15) is 4.79 Å². The highest BCUT2D eigenvalue weighted by molar-refractivity contribution is 5.78. The molecule has 1 fully saturated rings. The van der Waals surface area contributed by atoms with E-state index in [1.54, 1.807) is 0 Å². The van der Waals surface area contributed by atoms with Gasteiger partial charge in [-0.25, -0.2) is 0 Å². The first-order chi connectivity index (χ1) is 8.70. The fourth-order valence-electron chi connectivity index (χ4n) is 2.33. The largest absolute Gasteiger partial charge is 0.345 e. The highest BCUT2D eigenvalue weighted by Gasteiger charge is 2.19. The van der Waals surface area contributed by atoms with E-state index in [0.29, 0.717) is 13.1 Å². The summed E-state index contributed by atoms with van der Waals surface area (Å²) in [4.78, 5) is 15.9. The number of hydrogen-bond donors (Lipinski definition) is 1. The maximum atomic E-state index is 11.8. The summed E-state index contributed by atoms with van der Waals surface area (Å²) < 4.78 is 0. The smallest absolute Gasteiger partial charge is 0.236 e. The second-order valence-electron chi connectivity index (χ2n) is 4.85. The SMILES string of the molecule is CN1CCCN(Cc2ccccc2CN)CC1=O. The molecule has 4 nitrogen and oxygen atoms in total. The van der Waals surface area contributed by atoms with Crippen LogP contribution in [0.3, 0.4) is 0 Å². The molecule has 2 N–H and O–H groups in total. The van der Waals surface area contributed by atoms with Crippen molar-refractivity contribution in [2.75, 3.05) is 26.7 Å². The number of likely N-dealkylation sites (N-methyl/N-ethyl adjacent to an activating group) is 1. The zero-order chi connectivity index (χ0) is 13.0. The lowest BCUT2D eigenvalue weighted by molar-refractivity contribution is -0.130. The van der Waals surface area contributed by atoms with E-state index in [2.05, 4.69) is 17.0 Å². The van der Waals surface area contributed by atoms with Gasteiger partial charge in [-0.15, -0.1) is 0 Å². The van der Waals surface area contributed by atoms with Crippen LogP contribution in [0.1, 0.15) is 17.5 Å². The summed E-state index contributed by atoms with van der Waals surface area (Å²) in [5.74, 6) is 0.206. The summed E-state index contributed by atoms with van der Waals surface area (Å²) >= 11 is 0. The quantitative estimate of drug-likeness (QED) is 0.860. The average Bonchev–Trinajstić information content (AvgIpc) is 2.53. The lowest BCUT2D eigenvalue weighted by atomic mass is 10.1. The molecule has 0 radical (unpaired) electrons. The van der Waals surface area contributed by atoms with Crippen LogP contribution in [0.25, 0.3) is 0 Å². The third-order valence-corrected chi connectivity index (χ3v) is 3.48. The summed E-state index contributed by atoms with van der Waals surface area (Å²) in [5, 5.41) is 0. The van der Waals surface area contributed by atoms with Gasteiger partial charge < -0.3 is 10.6 Å². The van der Waals surface area contributed by atoms with E-state index in [4.69, 9.17) is 5.73 Å². The zero-order valence-electron chi connectivity index (χ0n) is 10.9. The van der Waals surface area contributed by atoms with Crippen LogP contribution in [0, 0.1) is 0 Å². The van der Waals surface area contributed by atoms with Gasteiger partial charge in [-0.2, -0.15) is 0 Å². The van der Waals surface area contributed by atoms with Gasteiger partial charge in [0.2, 0.25) is 5.91 Å². The molecular weight excluding hydrogens is 226 g/mol. The molecule has 4 heteroatoms. The van der Waals surface area contributed by atoms with Crippen LogP contribution in [0.2, 0.25) is 0 Å². The zero-order valence-corrected chi connectivity index (χ0v) is 10.9. The van der Waals surface area contributed by atoms with Crippen LogP contribution in [-0.4, -0.2) is 42.4 Å². The average molecular weight is 247 g/mol. The Morgan fingerprint density at radius 1 is 1.22 bits per heavy atom. The van der Waals surface area contributed by atoms with Crippen molar-refractivity contribution >= 4 is 5.91 Å². The van der Waals surface area contributed by atoms with E-state index < -0.39 is 0 Å². The van der Waals surface area contributed by atoms with Crippen molar-refractivity contribution in [2.24, 2.45) is 5.73 Å². The third-order valence-electron chi connectivity index (χ3n) is 3.48. The van der Waals surface area contributed by atoms with Crippen LogP contribution in [0.5, 0.6) is 0 Å². The number of hydrogen-bond acceptors (Lipinski definition) is 3. The van der Waals surface area contributed by atoms with Gasteiger partial charge in [-0.3, -0.25) is 9.69 Å². The Morgan fingerprint density at radius 2 is 1.94 bits per heavy atom. The fourth-order valence-corrected chi connectivity index (χ4v) is 2.33. The summed E-state index contributed by atoms with van der Waals surface area (Å²) in [6, 6.07) is 8.19. The number of nitrogens with zero attached hydrogens (tertiary/aromatic N) is 2. The molecule has 98 valence electrons. The topological polar surface area (TPSA) is 49.6 Å². The Kier molecular flexibility index (Phi) is 4.33. The highest BCUT2D eigenvalue weighted by Crippen LogP contribution is 2.13. The van der Waals surface area contributed by atoms with Crippen molar-refractivity contribution in [3.63, 3.8) is 0 Å². The number of nitrogens with two attached hydrogens (primary N) is 1. The van der Waals surface area contributed by atoms with E-state index in [-0.39, 0.29) is 5.91 Å². The molecule has 1 heterocycles. The summed E-state index contributed by atoms with van der Waals surface area (Å²) in [6.45, 7) is 3.70. The number of amides is 1. The molecule has 1 aliphatic heterocycles. The molecule has 1 aromatic carbocycles. The standard InChI is InChI=1S/C14H21N3O/c1-16-7-4-8-17(11-14(16)18)10-13-6-3-2-5-12(13)9-15/h2-3,5-6H,4,7-11,15H2,1H3. The molecule has 2 rings (SSSR count). The van der Waals surface area contributed by atoms with Crippen molar-refractivity contribution < 1.29 is 4.79 Å². The summed E-state index contributed by atoms with van der Waals surface area (Å²) in [5.41, 5.74) is 8.14. The van der Waals surface area contributed by atoms with Crippen molar-refractivity contribution in [3.8, 4) is 0 Å². The van der Waals surface area contributed by atoms with Gasteiger partial charge in [0.25, 0.3) is 0 Å². The van der Waals surface area contributed by atoms with Crippen LogP contribution >= 0.6 is 0 Å². The molecule has 1 amide bonds. The molecule has 1 aliphatic rings. The van der Waals surface area contributed by atoms with E-state index in [1.807, 2.05) is 24.1 Å². The van der Waals surface area contributed by atoms with Gasteiger partial charge >= 0.3 is 0 Å². The Bertz CT molecular complexity index is 419. The molecule has 0 spiro atoms. The predicted molar refractivity (Wildman–Crippen MR) is 71.9 cm³/mol. The first-order valence-electron chi connectivity index (χ1n) is 6.44. The maximum Gasteiger partial charge on any atom is 0.236 e. The molecule has 0 unspecified atom stereocenters. The van der Waals surface area contributed by atoms with E-state index >= 15 is 0 Å². The number of carbonyl (C=O) groups excluding carboxylic acids is 1. The molecule has 0 aromatic heterocycles. The van der Waals surface area contributed by atoms with Crippen LogP contribution in [-0.2, 0) is 17.9 Å². The monoisotopic (exact) mass is 247 g/mol. The molecule has 1 aromatic rings. The van der Waals surface area contributed by atoms with Crippen LogP contribution in [0.4, 0.5) is 0 Å². The van der Waals surface area contributed by atoms with Crippen LogP contribution in [0.15, 0.2) is 24.3 Å². The molecule has 0 aliphatic carbocycles. The lowest BCUT2D eigenvalue weighted by Crippen LogP contribution is -2.34. The fraction of sp³-hybridized carbons (Fsp3) is 0.500. The van der Waals surface area contributed by atoms with Gasteiger partial charge in [0.05, 0.1) is 6.54 Å². The van der Waals surface area contributed by atoms with Gasteiger partial charge in [-0.05, 0) is 17.5 Å². The van der Waals surface area contributed by atoms with E-state index in [0.717, 1.165) is 26.1 Å². The van der Waals surface area contributed by atoms with Crippen molar-refractivity contribution in [1.29, 1.82) is 0 Å². The number of benzene rings is 1. The van der Waals surface area contributed by atoms with Crippen molar-refractivity contribution in [1.82, 2.24) is 9.80 Å². The van der Waals surface area contributed by atoms with Gasteiger partial charge in [-0.1, -0.05) is 24.3 Å². The Balaban J connectivity index is 2.06. The predicted octanol–water partition coefficient (Wildman–Crippen LogP) is 0.809. The molecular formula is C14H21N3O. The Hall–Kier alpha value is -1.39. The van der Waals surface area contributed by atoms with Crippen molar-refractivity contribution in [2.45, 2.75) is 19.5 Å². The van der Waals surface area contributed by atoms with Crippen molar-refractivity contribution in [3.05, 3.63) is 35.4 Å². The molecule has 1 saturated heterocycles. The lowest BCUT2D eigenvalue weighted by Gasteiger charge is -2.20. The number of carbonyl (C=O) groups is 1.